The topological polar surface area (TPSA) is 52.6 Å². The number of hydrogen-bond donors (Lipinski definition) is 2. The average molecular weight is 304 g/mol. The minimum Gasteiger partial charge on any atom is -0.396 e. The van der Waals surface area contributed by atoms with Gasteiger partial charge in [0.1, 0.15) is 0 Å². The minimum atomic E-state index is -0.225. The first-order valence-corrected chi connectivity index (χ1v) is 7.88. The number of nitrogens with one attached hydrogen (secondary N) is 1. The van der Waals surface area contributed by atoms with E-state index >= 15 is 0 Å². The lowest BCUT2D eigenvalue weighted by Crippen LogP contribution is -2.50. The summed E-state index contributed by atoms with van der Waals surface area (Å²) in [4.78, 5) is 14.1. The first-order valence-electron chi connectivity index (χ1n) is 7.88. The third-order valence-corrected chi connectivity index (χ3v) is 3.64. The molecular weight excluding hydrogens is 276 g/mol. The molecule has 4 nitrogen and oxygen atoms in total. The molecule has 0 radical (unpaired) electrons. The highest BCUT2D eigenvalue weighted by atomic mass is 16.3. The van der Waals surface area contributed by atoms with Crippen LogP contribution in [0.15, 0.2) is 36.4 Å². The molecule has 0 spiro atoms. The Hall–Kier alpha value is -1.81. The molecule has 4 heteroatoms. The molecule has 0 aliphatic rings. The summed E-state index contributed by atoms with van der Waals surface area (Å²) in [5.41, 5.74) is 0.886. The molecule has 1 aromatic carbocycles. The van der Waals surface area contributed by atoms with Crippen molar-refractivity contribution in [2.75, 3.05) is 19.7 Å². The van der Waals surface area contributed by atoms with Crippen LogP contribution in [0.4, 0.5) is 4.79 Å². The van der Waals surface area contributed by atoms with Gasteiger partial charge in [-0.2, -0.15) is 0 Å². The molecule has 2 N–H and O–H groups in total. The van der Waals surface area contributed by atoms with E-state index in [1.165, 1.54) is 0 Å². The van der Waals surface area contributed by atoms with E-state index in [4.69, 9.17) is 5.11 Å². The van der Waals surface area contributed by atoms with Crippen molar-refractivity contribution in [3.63, 3.8) is 0 Å². The van der Waals surface area contributed by atoms with E-state index in [0.717, 1.165) is 12.0 Å². The van der Waals surface area contributed by atoms with Crippen LogP contribution in [0.25, 0.3) is 6.08 Å². The van der Waals surface area contributed by atoms with Crippen molar-refractivity contribution in [2.24, 2.45) is 0 Å². The van der Waals surface area contributed by atoms with E-state index in [1.807, 2.05) is 63.3 Å². The van der Waals surface area contributed by atoms with E-state index < -0.39 is 0 Å². The molecule has 1 aromatic rings. The number of nitrogens with zero attached hydrogens (tertiary/aromatic N) is 1. The predicted molar refractivity (Wildman–Crippen MR) is 91.7 cm³/mol. The van der Waals surface area contributed by atoms with E-state index in [-0.39, 0.29) is 18.2 Å². The lowest BCUT2D eigenvalue weighted by molar-refractivity contribution is 0.184. The second-order valence-corrected chi connectivity index (χ2v) is 6.00. The Labute approximate surface area is 133 Å². The highest BCUT2D eigenvalue weighted by Crippen LogP contribution is 2.08. The summed E-state index contributed by atoms with van der Waals surface area (Å²) in [5, 5.41) is 12.0. The molecule has 1 rings (SSSR count). The predicted octanol–water partition coefficient (Wildman–Crippen LogP) is 3.28. The van der Waals surface area contributed by atoms with Crippen molar-refractivity contribution in [2.45, 2.75) is 39.2 Å². The highest BCUT2D eigenvalue weighted by molar-refractivity contribution is 5.75. The second-order valence-electron chi connectivity index (χ2n) is 6.00. The highest BCUT2D eigenvalue weighted by Gasteiger charge is 2.21. The van der Waals surface area contributed by atoms with Crippen molar-refractivity contribution in [1.29, 1.82) is 0 Å². The minimum absolute atomic E-state index is 0.0852. The molecule has 0 saturated heterocycles. The molecule has 0 saturated carbocycles. The van der Waals surface area contributed by atoms with Gasteiger partial charge in [0.2, 0.25) is 0 Å². The zero-order chi connectivity index (χ0) is 16.4. The van der Waals surface area contributed by atoms with Gasteiger partial charge in [0.25, 0.3) is 0 Å². The van der Waals surface area contributed by atoms with Gasteiger partial charge >= 0.3 is 6.03 Å². The number of urea groups is 1. The van der Waals surface area contributed by atoms with Crippen molar-refractivity contribution in [3.8, 4) is 0 Å². The molecule has 0 heterocycles. The molecule has 0 aromatic heterocycles. The summed E-state index contributed by atoms with van der Waals surface area (Å²) >= 11 is 0. The molecule has 0 aliphatic carbocycles. The number of carbonyl (C=O) groups is 1. The zero-order valence-corrected chi connectivity index (χ0v) is 13.9. The van der Waals surface area contributed by atoms with Gasteiger partial charge in [-0.1, -0.05) is 49.4 Å². The Bertz CT molecular complexity index is 469. The van der Waals surface area contributed by atoms with E-state index in [2.05, 4.69) is 5.32 Å². The summed E-state index contributed by atoms with van der Waals surface area (Å²) in [6.07, 6.45) is 5.43. The summed E-state index contributed by atoms with van der Waals surface area (Å²) in [5.74, 6) is 0. The van der Waals surface area contributed by atoms with Gasteiger partial charge in [0.15, 0.2) is 0 Å². The van der Waals surface area contributed by atoms with E-state index in [1.54, 1.807) is 4.90 Å². The van der Waals surface area contributed by atoms with Gasteiger partial charge in [-0.3, -0.25) is 0 Å². The molecule has 0 aliphatic heterocycles. The Morgan fingerprint density at radius 3 is 2.59 bits per heavy atom. The maximum atomic E-state index is 12.4. The number of carbonyl (C=O) groups excluding carboxylic acids is 1. The Morgan fingerprint density at radius 2 is 2.00 bits per heavy atom. The number of rotatable bonds is 8. The quantitative estimate of drug-likeness (QED) is 0.774. The normalized spacial score (nSPS) is 11.6. The fraction of sp³-hybridized carbons (Fsp3) is 0.500. The lowest BCUT2D eigenvalue weighted by atomic mass is 10.0. The van der Waals surface area contributed by atoms with Crippen LogP contribution < -0.4 is 5.32 Å². The van der Waals surface area contributed by atoms with E-state index in [9.17, 15) is 4.79 Å². The van der Waals surface area contributed by atoms with Gasteiger partial charge in [0.05, 0.1) is 0 Å². The molecule has 0 atom stereocenters. The van der Waals surface area contributed by atoms with E-state index in [0.29, 0.717) is 19.5 Å². The number of hydrogen-bond acceptors (Lipinski definition) is 2. The van der Waals surface area contributed by atoms with Crippen LogP contribution in [0.1, 0.15) is 39.2 Å². The molecule has 0 fully saturated rings. The first kappa shape index (κ1) is 18.2. The standard InChI is InChI=1S/C18H28N2O2/c1-4-18(2,3)19-17(22)20(14-9-15-21)13-8-12-16-10-6-5-7-11-16/h5-8,10-12,21H,4,9,13-15H2,1-3H3,(H,19,22). The van der Waals surface area contributed by atoms with Gasteiger partial charge in [-0.25, -0.2) is 4.79 Å². The van der Waals surface area contributed by atoms with Crippen molar-refractivity contribution in [3.05, 3.63) is 42.0 Å². The first-order chi connectivity index (χ1) is 10.5. The molecule has 2 amide bonds. The van der Waals surface area contributed by atoms with Crippen LogP contribution in [0.5, 0.6) is 0 Å². The van der Waals surface area contributed by atoms with Crippen molar-refractivity contribution in [1.82, 2.24) is 10.2 Å². The van der Waals surface area contributed by atoms with Crippen LogP contribution in [0.2, 0.25) is 0 Å². The maximum Gasteiger partial charge on any atom is 0.318 e. The smallest absolute Gasteiger partial charge is 0.318 e. The number of aliphatic hydroxyl groups is 1. The van der Waals surface area contributed by atoms with Crippen LogP contribution in [0.3, 0.4) is 0 Å². The van der Waals surface area contributed by atoms with Gasteiger partial charge in [-0.05, 0) is 32.3 Å². The molecule has 0 unspecified atom stereocenters. The van der Waals surface area contributed by atoms with Crippen LogP contribution >= 0.6 is 0 Å². The number of amides is 2. The molecular formula is C18H28N2O2. The fourth-order valence-electron chi connectivity index (χ4n) is 1.87. The SMILES string of the molecule is CCC(C)(C)NC(=O)N(CC=Cc1ccccc1)CCCO. The third kappa shape index (κ3) is 6.76. The third-order valence-electron chi connectivity index (χ3n) is 3.64. The maximum absolute atomic E-state index is 12.4. The van der Waals surface area contributed by atoms with Crippen LogP contribution in [-0.4, -0.2) is 41.3 Å². The molecule has 0 bridgehead atoms. The zero-order valence-electron chi connectivity index (χ0n) is 13.9. The summed E-state index contributed by atoms with van der Waals surface area (Å²) < 4.78 is 0. The number of aliphatic hydroxyl groups excluding tert-OH is 1. The molecule has 122 valence electrons. The van der Waals surface area contributed by atoms with Gasteiger partial charge in [-0.15, -0.1) is 0 Å². The van der Waals surface area contributed by atoms with Gasteiger partial charge in [0, 0.05) is 25.2 Å². The summed E-state index contributed by atoms with van der Waals surface area (Å²) in [6, 6.07) is 9.91. The van der Waals surface area contributed by atoms with Crippen molar-refractivity contribution >= 4 is 12.1 Å². The van der Waals surface area contributed by atoms with Crippen LogP contribution in [0, 0.1) is 0 Å². The monoisotopic (exact) mass is 304 g/mol. The second kappa shape index (κ2) is 9.26. The fourth-order valence-corrected chi connectivity index (χ4v) is 1.87. The molecule has 22 heavy (non-hydrogen) atoms. The lowest BCUT2D eigenvalue weighted by Gasteiger charge is -2.29. The Kier molecular flexibility index (Phi) is 7.67. The van der Waals surface area contributed by atoms with Crippen molar-refractivity contribution < 1.29 is 9.90 Å². The van der Waals surface area contributed by atoms with Gasteiger partial charge < -0.3 is 15.3 Å². The Morgan fingerprint density at radius 1 is 1.32 bits per heavy atom. The Balaban J connectivity index is 2.63. The van der Waals surface area contributed by atoms with Crippen LogP contribution in [-0.2, 0) is 0 Å². The largest absolute Gasteiger partial charge is 0.396 e. The number of benzene rings is 1. The summed E-state index contributed by atoms with van der Waals surface area (Å²) in [7, 11) is 0. The average Bonchev–Trinajstić information content (AvgIpc) is 2.51. The summed E-state index contributed by atoms with van der Waals surface area (Å²) in [6.45, 7) is 7.22.